The van der Waals surface area contributed by atoms with Gasteiger partial charge >= 0.3 is 0 Å². The number of piperazine rings is 1. The van der Waals surface area contributed by atoms with Crippen molar-refractivity contribution in [2.75, 3.05) is 33.9 Å². The number of nitrogens with one attached hydrogen (secondary N) is 2. The van der Waals surface area contributed by atoms with E-state index in [1.54, 1.807) is 25.2 Å². The molecule has 132 valence electrons. The van der Waals surface area contributed by atoms with Gasteiger partial charge in [0.1, 0.15) is 0 Å². The first-order valence-electron chi connectivity index (χ1n) is 8.03. The van der Waals surface area contributed by atoms with Crippen LogP contribution in [0.2, 0.25) is 0 Å². The molecule has 2 atom stereocenters. The van der Waals surface area contributed by atoms with Crippen molar-refractivity contribution in [2.24, 2.45) is 0 Å². The molecule has 1 saturated heterocycles. The lowest BCUT2D eigenvalue weighted by atomic mass is 10.1. The second kappa shape index (κ2) is 8.01. The summed E-state index contributed by atoms with van der Waals surface area (Å²) in [6.07, 6.45) is 0. The molecule has 0 aromatic heterocycles. The number of methoxy groups -OCH3 is 1. The van der Waals surface area contributed by atoms with E-state index in [9.17, 15) is 9.59 Å². The summed E-state index contributed by atoms with van der Waals surface area (Å²) in [7, 11) is 3.05. The highest BCUT2D eigenvalue weighted by Gasteiger charge is 2.29. The van der Waals surface area contributed by atoms with Gasteiger partial charge in [-0.05, 0) is 32.0 Å². The lowest BCUT2D eigenvalue weighted by molar-refractivity contribution is -0.122. The summed E-state index contributed by atoms with van der Waals surface area (Å²) in [5, 5.41) is 5.84. The zero-order valence-corrected chi connectivity index (χ0v) is 14.6. The Morgan fingerprint density at radius 2 is 2.08 bits per heavy atom. The van der Waals surface area contributed by atoms with E-state index in [1.807, 2.05) is 11.8 Å². The number of carbonyl (C=O) groups excluding carboxylic acids is 2. The third-order valence-electron chi connectivity index (χ3n) is 4.34. The maximum absolute atomic E-state index is 12.8. The Morgan fingerprint density at radius 3 is 2.75 bits per heavy atom. The van der Waals surface area contributed by atoms with E-state index in [4.69, 9.17) is 9.47 Å². The van der Waals surface area contributed by atoms with Gasteiger partial charge in [0.05, 0.1) is 7.11 Å². The van der Waals surface area contributed by atoms with Crippen LogP contribution in [-0.4, -0.2) is 62.7 Å². The standard InChI is InChI=1S/C17H25N3O4/c1-11-12(2)20(8-7-19-11)17(22)13-5-6-14(15(9-13)23-4)24-10-16(21)18-3/h5-6,9,11-12,19H,7-8,10H2,1-4H3,(H,18,21). The molecule has 2 unspecified atom stereocenters. The molecule has 1 fully saturated rings. The summed E-state index contributed by atoms with van der Waals surface area (Å²) in [5.41, 5.74) is 0.542. The molecule has 1 heterocycles. The Morgan fingerprint density at radius 1 is 1.33 bits per heavy atom. The Labute approximate surface area is 142 Å². The summed E-state index contributed by atoms with van der Waals surface area (Å²) >= 11 is 0. The second-order valence-corrected chi connectivity index (χ2v) is 5.81. The first kappa shape index (κ1) is 18.1. The van der Waals surface area contributed by atoms with E-state index in [0.29, 0.717) is 23.6 Å². The molecule has 1 aromatic carbocycles. The van der Waals surface area contributed by atoms with Gasteiger partial charge < -0.3 is 25.0 Å². The molecule has 1 aliphatic heterocycles. The highest BCUT2D eigenvalue weighted by molar-refractivity contribution is 5.95. The third-order valence-corrected chi connectivity index (χ3v) is 4.34. The van der Waals surface area contributed by atoms with Crippen LogP contribution in [0.25, 0.3) is 0 Å². The first-order chi connectivity index (χ1) is 11.5. The molecule has 7 nitrogen and oxygen atoms in total. The molecule has 24 heavy (non-hydrogen) atoms. The highest BCUT2D eigenvalue weighted by atomic mass is 16.5. The Bertz CT molecular complexity index is 605. The summed E-state index contributed by atoms with van der Waals surface area (Å²) in [5.74, 6) is 0.591. The number of rotatable bonds is 5. The average molecular weight is 335 g/mol. The molecule has 0 radical (unpaired) electrons. The zero-order valence-electron chi connectivity index (χ0n) is 14.6. The number of hydrogen-bond donors (Lipinski definition) is 2. The first-order valence-corrected chi connectivity index (χ1v) is 8.03. The van der Waals surface area contributed by atoms with Gasteiger partial charge in [-0.3, -0.25) is 9.59 Å². The molecule has 0 bridgehead atoms. The van der Waals surface area contributed by atoms with Gasteiger partial charge in [0, 0.05) is 37.8 Å². The van der Waals surface area contributed by atoms with Crippen LogP contribution in [-0.2, 0) is 4.79 Å². The van der Waals surface area contributed by atoms with Crippen molar-refractivity contribution in [1.82, 2.24) is 15.5 Å². The number of nitrogens with zero attached hydrogens (tertiary/aromatic N) is 1. The van der Waals surface area contributed by atoms with Crippen molar-refractivity contribution in [2.45, 2.75) is 25.9 Å². The van der Waals surface area contributed by atoms with Crippen molar-refractivity contribution in [3.63, 3.8) is 0 Å². The maximum Gasteiger partial charge on any atom is 0.257 e. The molecule has 1 aromatic rings. The quantitative estimate of drug-likeness (QED) is 0.826. The lowest BCUT2D eigenvalue weighted by Gasteiger charge is -2.38. The van der Waals surface area contributed by atoms with Crippen molar-refractivity contribution < 1.29 is 19.1 Å². The fraction of sp³-hybridized carbons (Fsp3) is 0.529. The predicted molar refractivity (Wildman–Crippen MR) is 90.5 cm³/mol. The van der Waals surface area contributed by atoms with Gasteiger partial charge in [0.15, 0.2) is 18.1 Å². The van der Waals surface area contributed by atoms with Crippen molar-refractivity contribution in [3.05, 3.63) is 23.8 Å². The Kier molecular flexibility index (Phi) is 6.03. The van der Waals surface area contributed by atoms with Gasteiger partial charge in [-0.15, -0.1) is 0 Å². The largest absolute Gasteiger partial charge is 0.493 e. The number of ether oxygens (including phenoxy) is 2. The van der Waals surface area contributed by atoms with Crippen LogP contribution in [0.15, 0.2) is 18.2 Å². The van der Waals surface area contributed by atoms with Gasteiger partial charge in [-0.2, -0.15) is 0 Å². The van der Waals surface area contributed by atoms with Gasteiger partial charge in [-0.25, -0.2) is 0 Å². The minimum Gasteiger partial charge on any atom is -0.493 e. The molecule has 7 heteroatoms. The van der Waals surface area contributed by atoms with Crippen LogP contribution >= 0.6 is 0 Å². The van der Waals surface area contributed by atoms with Crippen LogP contribution in [0.4, 0.5) is 0 Å². The average Bonchev–Trinajstić information content (AvgIpc) is 2.61. The fourth-order valence-corrected chi connectivity index (χ4v) is 2.64. The molecular formula is C17H25N3O4. The van der Waals surface area contributed by atoms with Crippen LogP contribution in [0.1, 0.15) is 24.2 Å². The van der Waals surface area contributed by atoms with Gasteiger partial charge in [-0.1, -0.05) is 0 Å². The van der Waals surface area contributed by atoms with Crippen LogP contribution in [0.3, 0.4) is 0 Å². The molecule has 0 spiro atoms. The summed E-state index contributed by atoms with van der Waals surface area (Å²) < 4.78 is 10.7. The Hall–Kier alpha value is -2.28. The molecule has 1 aliphatic rings. The van der Waals surface area contributed by atoms with Crippen LogP contribution in [0, 0.1) is 0 Å². The number of amides is 2. The maximum atomic E-state index is 12.8. The monoisotopic (exact) mass is 335 g/mol. The number of hydrogen-bond acceptors (Lipinski definition) is 5. The van der Waals surface area contributed by atoms with Gasteiger partial charge in [0.25, 0.3) is 11.8 Å². The molecular weight excluding hydrogens is 310 g/mol. The lowest BCUT2D eigenvalue weighted by Crippen LogP contribution is -2.57. The summed E-state index contributed by atoms with van der Waals surface area (Å²) in [4.78, 5) is 25.9. The molecule has 2 N–H and O–H groups in total. The fourth-order valence-electron chi connectivity index (χ4n) is 2.64. The highest BCUT2D eigenvalue weighted by Crippen LogP contribution is 2.29. The van der Waals surface area contributed by atoms with E-state index < -0.39 is 0 Å². The SMILES string of the molecule is CNC(=O)COc1ccc(C(=O)N2CCNC(C)C2C)cc1OC. The van der Waals surface area contributed by atoms with E-state index >= 15 is 0 Å². The van der Waals surface area contributed by atoms with E-state index in [0.717, 1.165) is 6.54 Å². The van der Waals surface area contributed by atoms with E-state index in [-0.39, 0.29) is 30.5 Å². The molecule has 2 rings (SSSR count). The molecule has 0 aliphatic carbocycles. The molecule has 0 saturated carbocycles. The van der Waals surface area contributed by atoms with Crippen molar-refractivity contribution >= 4 is 11.8 Å². The number of benzene rings is 1. The molecule has 2 amide bonds. The predicted octanol–water partition coefficient (Wildman–Crippen LogP) is 0.642. The third kappa shape index (κ3) is 3.97. The van der Waals surface area contributed by atoms with Crippen LogP contribution < -0.4 is 20.1 Å². The summed E-state index contributed by atoms with van der Waals surface area (Å²) in [6.45, 7) is 5.45. The minimum absolute atomic E-state index is 0.0352. The smallest absolute Gasteiger partial charge is 0.257 e. The van der Waals surface area contributed by atoms with Crippen LogP contribution in [0.5, 0.6) is 11.5 Å². The van der Waals surface area contributed by atoms with Gasteiger partial charge in [0.2, 0.25) is 0 Å². The minimum atomic E-state index is -0.235. The van der Waals surface area contributed by atoms with E-state index in [2.05, 4.69) is 17.6 Å². The second-order valence-electron chi connectivity index (χ2n) is 5.81. The van der Waals surface area contributed by atoms with Crippen molar-refractivity contribution in [1.29, 1.82) is 0 Å². The van der Waals surface area contributed by atoms with Crippen molar-refractivity contribution in [3.8, 4) is 11.5 Å². The Balaban J connectivity index is 2.16. The number of carbonyl (C=O) groups is 2. The zero-order chi connectivity index (χ0) is 17.7. The normalized spacial score (nSPS) is 20.4. The summed E-state index contributed by atoms with van der Waals surface area (Å²) in [6, 6.07) is 5.37. The van der Waals surface area contributed by atoms with E-state index in [1.165, 1.54) is 7.11 Å². The number of likely N-dealkylation sites (N-methyl/N-ethyl adjacent to an activating group) is 1. The topological polar surface area (TPSA) is 79.9 Å².